The monoisotopic (exact) mass is 401 g/mol. The van der Waals surface area contributed by atoms with E-state index >= 15 is 0 Å². The number of aromatic nitrogens is 5. The maximum atomic E-state index is 12.3. The maximum absolute atomic E-state index is 12.3. The van der Waals surface area contributed by atoms with E-state index in [9.17, 15) is 4.79 Å². The summed E-state index contributed by atoms with van der Waals surface area (Å²) in [6.45, 7) is 6.27. The van der Waals surface area contributed by atoms with Crippen LogP contribution in [0.15, 0.2) is 59.4 Å². The van der Waals surface area contributed by atoms with Crippen LogP contribution in [0.2, 0.25) is 0 Å². The van der Waals surface area contributed by atoms with Crippen molar-refractivity contribution in [1.82, 2.24) is 24.8 Å². The number of benzene rings is 2. The minimum atomic E-state index is -0.304. The number of aryl methyl sites for hydroxylation is 4. The van der Waals surface area contributed by atoms with Gasteiger partial charge in [-0.15, -0.1) is 0 Å². The van der Waals surface area contributed by atoms with Crippen LogP contribution in [0.3, 0.4) is 0 Å². The first-order valence-electron chi connectivity index (χ1n) is 9.69. The zero-order chi connectivity index (χ0) is 21.3. The highest BCUT2D eigenvalue weighted by molar-refractivity contribution is 5.61. The van der Waals surface area contributed by atoms with Gasteiger partial charge in [-0.3, -0.25) is 0 Å². The van der Waals surface area contributed by atoms with Crippen LogP contribution in [0.25, 0.3) is 16.9 Å². The van der Waals surface area contributed by atoms with E-state index in [4.69, 9.17) is 9.72 Å². The van der Waals surface area contributed by atoms with Gasteiger partial charge in [-0.25, -0.2) is 9.78 Å². The Morgan fingerprint density at radius 1 is 0.967 bits per heavy atom. The molecule has 2 aromatic heterocycles. The van der Waals surface area contributed by atoms with Crippen molar-refractivity contribution < 1.29 is 4.74 Å². The molecule has 0 radical (unpaired) electrons. The molecule has 152 valence electrons. The highest BCUT2D eigenvalue weighted by Gasteiger charge is 2.14. The van der Waals surface area contributed by atoms with Gasteiger partial charge in [-0.1, -0.05) is 35.9 Å². The van der Waals surface area contributed by atoms with Crippen molar-refractivity contribution >= 4 is 0 Å². The van der Waals surface area contributed by atoms with Crippen LogP contribution in [0.1, 0.15) is 22.4 Å². The highest BCUT2D eigenvalue weighted by atomic mass is 16.5. The molecule has 0 bridgehead atoms. The second-order valence-corrected chi connectivity index (χ2v) is 7.31. The van der Waals surface area contributed by atoms with E-state index in [1.807, 2.05) is 56.3 Å². The fourth-order valence-electron chi connectivity index (χ4n) is 3.35. The van der Waals surface area contributed by atoms with Crippen molar-refractivity contribution in [2.75, 3.05) is 0 Å². The average molecular weight is 401 g/mol. The van der Waals surface area contributed by atoms with Crippen LogP contribution in [0.4, 0.5) is 0 Å². The van der Waals surface area contributed by atoms with Crippen LogP contribution < -0.4 is 10.4 Å². The average Bonchev–Trinajstić information content (AvgIpc) is 3.06. The molecular weight excluding hydrogens is 378 g/mol. The Balaban J connectivity index is 1.61. The molecule has 0 N–H and O–H groups in total. The molecule has 0 amide bonds. The Morgan fingerprint density at radius 3 is 2.47 bits per heavy atom. The molecule has 7 nitrogen and oxygen atoms in total. The number of hydrogen-bond acceptors (Lipinski definition) is 5. The number of hydrogen-bond donors (Lipinski definition) is 0. The summed E-state index contributed by atoms with van der Waals surface area (Å²) in [5.41, 5.74) is 6.23. The van der Waals surface area contributed by atoms with Crippen LogP contribution in [0, 0.1) is 20.8 Å². The van der Waals surface area contributed by atoms with Gasteiger partial charge in [0.2, 0.25) is 0 Å². The second-order valence-electron chi connectivity index (χ2n) is 7.31. The summed E-state index contributed by atoms with van der Waals surface area (Å²) in [4.78, 5) is 17.0. The normalized spacial score (nSPS) is 10.9. The Morgan fingerprint density at radius 2 is 1.77 bits per heavy atom. The minimum Gasteiger partial charge on any atom is -0.487 e. The number of rotatable bonds is 5. The van der Waals surface area contributed by atoms with Crippen molar-refractivity contribution in [3.8, 4) is 22.7 Å². The third-order valence-electron chi connectivity index (χ3n) is 5.06. The molecule has 2 heterocycles. The number of tetrazole rings is 1. The maximum Gasteiger partial charge on any atom is 0.368 e. The van der Waals surface area contributed by atoms with Crippen molar-refractivity contribution in [2.45, 2.75) is 27.4 Å². The quantitative estimate of drug-likeness (QED) is 0.511. The molecule has 0 aliphatic heterocycles. The standard InChI is InChI=1S/C23H23N5O2/c1-15-7-5-9-18(13-15)20-11-12-22(17(3)24-20)30-14-19-16(2)8-6-10-21(19)28-23(29)27(4)25-26-28/h5-13H,14H2,1-4H3. The fourth-order valence-corrected chi connectivity index (χ4v) is 3.35. The van der Waals surface area contributed by atoms with E-state index in [1.165, 1.54) is 14.9 Å². The molecule has 0 saturated heterocycles. The van der Waals surface area contributed by atoms with Crippen molar-refractivity contribution in [3.05, 3.63) is 87.5 Å². The van der Waals surface area contributed by atoms with Gasteiger partial charge in [0, 0.05) is 18.2 Å². The van der Waals surface area contributed by atoms with Gasteiger partial charge in [0.15, 0.2) is 0 Å². The Labute approximate surface area is 174 Å². The first-order valence-corrected chi connectivity index (χ1v) is 9.69. The predicted octanol–water partition coefficient (Wildman–Crippen LogP) is 3.53. The molecule has 30 heavy (non-hydrogen) atoms. The van der Waals surface area contributed by atoms with Gasteiger partial charge in [0.05, 0.1) is 17.1 Å². The Bertz CT molecular complexity index is 1270. The summed E-state index contributed by atoms with van der Waals surface area (Å²) in [5.74, 6) is 0.701. The molecule has 2 aromatic carbocycles. The molecule has 0 atom stereocenters. The van der Waals surface area contributed by atoms with E-state index in [0.29, 0.717) is 11.4 Å². The van der Waals surface area contributed by atoms with Crippen molar-refractivity contribution in [1.29, 1.82) is 0 Å². The van der Waals surface area contributed by atoms with E-state index in [1.54, 1.807) is 7.05 Å². The first kappa shape index (κ1) is 19.6. The third kappa shape index (κ3) is 3.74. The molecule has 4 aromatic rings. The lowest BCUT2D eigenvalue weighted by Gasteiger charge is -2.14. The molecule has 0 unspecified atom stereocenters. The Hall–Kier alpha value is -3.74. The van der Waals surface area contributed by atoms with Gasteiger partial charge in [0.1, 0.15) is 12.4 Å². The summed E-state index contributed by atoms with van der Waals surface area (Å²) in [6.07, 6.45) is 0. The molecule has 0 aliphatic rings. The third-order valence-corrected chi connectivity index (χ3v) is 5.06. The zero-order valence-electron chi connectivity index (χ0n) is 17.5. The first-order chi connectivity index (χ1) is 14.4. The molecule has 7 heteroatoms. The van der Waals surface area contributed by atoms with Crippen molar-refractivity contribution in [3.63, 3.8) is 0 Å². The largest absolute Gasteiger partial charge is 0.487 e. The second kappa shape index (κ2) is 7.94. The topological polar surface area (TPSA) is 74.8 Å². The fraction of sp³-hybridized carbons (Fsp3) is 0.217. The van der Waals surface area contributed by atoms with Crippen LogP contribution in [-0.2, 0) is 13.7 Å². The van der Waals surface area contributed by atoms with Gasteiger partial charge in [-0.05, 0) is 61.0 Å². The van der Waals surface area contributed by atoms with Crippen LogP contribution in [-0.4, -0.2) is 24.8 Å². The van der Waals surface area contributed by atoms with E-state index < -0.39 is 0 Å². The van der Waals surface area contributed by atoms with Crippen molar-refractivity contribution in [2.24, 2.45) is 7.05 Å². The lowest BCUT2D eigenvalue weighted by atomic mass is 10.1. The van der Waals surface area contributed by atoms with Gasteiger partial charge in [-0.2, -0.15) is 9.36 Å². The van der Waals surface area contributed by atoms with Crippen LogP contribution in [0.5, 0.6) is 5.75 Å². The van der Waals surface area contributed by atoms with Gasteiger partial charge >= 0.3 is 5.69 Å². The zero-order valence-corrected chi connectivity index (χ0v) is 17.5. The Kier molecular flexibility index (Phi) is 5.18. The summed E-state index contributed by atoms with van der Waals surface area (Å²) in [6, 6.07) is 17.9. The van der Waals surface area contributed by atoms with E-state index in [2.05, 4.69) is 29.5 Å². The lowest BCUT2D eigenvalue weighted by molar-refractivity contribution is 0.301. The summed E-state index contributed by atoms with van der Waals surface area (Å²) in [7, 11) is 1.57. The summed E-state index contributed by atoms with van der Waals surface area (Å²) in [5, 5.41) is 7.77. The van der Waals surface area contributed by atoms with Gasteiger partial charge < -0.3 is 4.74 Å². The number of ether oxygens (including phenoxy) is 1. The van der Waals surface area contributed by atoms with Gasteiger partial charge in [0.25, 0.3) is 0 Å². The SMILES string of the molecule is Cc1cccc(-c2ccc(OCc3c(C)cccc3-n3nnn(C)c3=O)c(C)n2)c1. The highest BCUT2D eigenvalue weighted by Crippen LogP contribution is 2.25. The molecule has 0 saturated carbocycles. The van der Waals surface area contributed by atoms with Crippen LogP contribution >= 0.6 is 0 Å². The lowest BCUT2D eigenvalue weighted by Crippen LogP contribution is -2.23. The molecular formula is C23H23N5O2. The summed E-state index contributed by atoms with van der Waals surface area (Å²) < 4.78 is 8.58. The predicted molar refractivity (Wildman–Crippen MR) is 115 cm³/mol. The minimum absolute atomic E-state index is 0.289. The smallest absolute Gasteiger partial charge is 0.368 e. The number of nitrogens with zero attached hydrogens (tertiary/aromatic N) is 5. The van der Waals surface area contributed by atoms with E-state index in [0.717, 1.165) is 28.1 Å². The molecule has 0 fully saturated rings. The number of pyridine rings is 1. The molecule has 0 spiro atoms. The molecule has 4 rings (SSSR count). The molecule has 0 aliphatic carbocycles. The van der Waals surface area contributed by atoms with E-state index in [-0.39, 0.29) is 12.3 Å². The summed E-state index contributed by atoms with van der Waals surface area (Å²) >= 11 is 0.